The molecule has 8 nitrogen and oxygen atoms in total. The summed E-state index contributed by atoms with van der Waals surface area (Å²) < 4.78 is 1.90. The predicted molar refractivity (Wildman–Crippen MR) is 112 cm³/mol. The highest BCUT2D eigenvalue weighted by Crippen LogP contribution is 2.24. The summed E-state index contributed by atoms with van der Waals surface area (Å²) in [5, 5.41) is 8.21. The fourth-order valence-corrected chi connectivity index (χ4v) is 3.66. The van der Waals surface area contributed by atoms with Gasteiger partial charge in [0.25, 0.3) is 5.91 Å². The van der Waals surface area contributed by atoms with E-state index < -0.39 is 0 Å². The first-order valence-electron chi connectivity index (χ1n) is 9.91. The topological polar surface area (TPSA) is 78.7 Å². The van der Waals surface area contributed by atoms with Crippen molar-refractivity contribution in [3.63, 3.8) is 0 Å². The molecule has 1 aliphatic rings. The quantitative estimate of drug-likeness (QED) is 0.712. The number of anilines is 1. The van der Waals surface area contributed by atoms with E-state index in [2.05, 4.69) is 37.4 Å². The third-order valence-electron chi connectivity index (χ3n) is 5.44. The van der Waals surface area contributed by atoms with Gasteiger partial charge in [0.2, 0.25) is 5.82 Å². The van der Waals surface area contributed by atoms with Crippen LogP contribution in [0, 0.1) is 13.8 Å². The van der Waals surface area contributed by atoms with Crippen LogP contribution in [0.3, 0.4) is 0 Å². The minimum absolute atomic E-state index is 0.171. The van der Waals surface area contributed by atoms with Gasteiger partial charge in [-0.15, -0.1) is 0 Å². The number of nitrogens with zero attached hydrogens (tertiary/aromatic N) is 6. The number of fused-ring (bicyclic) bond motifs is 1. The first-order valence-corrected chi connectivity index (χ1v) is 9.91. The van der Waals surface area contributed by atoms with Crippen molar-refractivity contribution in [1.82, 2.24) is 29.8 Å². The smallest absolute Gasteiger partial charge is 0.291 e. The summed E-state index contributed by atoms with van der Waals surface area (Å²) in [4.78, 5) is 25.1. The van der Waals surface area contributed by atoms with Crippen molar-refractivity contribution in [2.24, 2.45) is 0 Å². The third kappa shape index (κ3) is 3.93. The van der Waals surface area contributed by atoms with E-state index in [1.165, 1.54) is 4.90 Å². The molecular weight excluding hydrogens is 366 g/mol. The minimum Gasteiger partial charge on any atom is -0.355 e. The zero-order valence-corrected chi connectivity index (χ0v) is 17.4. The second kappa shape index (κ2) is 7.79. The normalized spacial score (nSPS) is 16.6. The van der Waals surface area contributed by atoms with E-state index in [1.54, 1.807) is 14.1 Å². The molecule has 0 aliphatic carbocycles. The van der Waals surface area contributed by atoms with Gasteiger partial charge in [0.05, 0.1) is 11.2 Å². The summed E-state index contributed by atoms with van der Waals surface area (Å²) in [5.41, 5.74) is 4.01. The van der Waals surface area contributed by atoms with Crippen LogP contribution in [0.2, 0.25) is 0 Å². The van der Waals surface area contributed by atoms with E-state index in [0.717, 1.165) is 54.3 Å². The van der Waals surface area contributed by atoms with Crippen LogP contribution < -0.4 is 10.2 Å². The van der Waals surface area contributed by atoms with Gasteiger partial charge in [-0.2, -0.15) is 5.10 Å². The molecule has 1 amide bonds. The average molecular weight is 393 g/mol. The van der Waals surface area contributed by atoms with Gasteiger partial charge in [-0.05, 0) is 38.5 Å². The highest BCUT2D eigenvalue weighted by Gasteiger charge is 2.26. The molecule has 0 bridgehead atoms. The van der Waals surface area contributed by atoms with E-state index in [9.17, 15) is 4.79 Å². The molecule has 8 heteroatoms. The molecular formula is C21H27N7O. The van der Waals surface area contributed by atoms with E-state index in [4.69, 9.17) is 0 Å². The maximum atomic E-state index is 12.3. The summed E-state index contributed by atoms with van der Waals surface area (Å²) in [6, 6.07) is 8.51. The van der Waals surface area contributed by atoms with Crippen molar-refractivity contribution in [3.05, 3.63) is 53.2 Å². The van der Waals surface area contributed by atoms with Gasteiger partial charge in [-0.25, -0.2) is 14.5 Å². The molecule has 3 aromatic heterocycles. The van der Waals surface area contributed by atoms with Crippen LogP contribution >= 0.6 is 0 Å². The Labute approximate surface area is 170 Å². The highest BCUT2D eigenvalue weighted by atomic mass is 16.2. The van der Waals surface area contributed by atoms with E-state index in [1.807, 2.05) is 36.7 Å². The Balaban J connectivity index is 1.44. The Morgan fingerprint density at radius 2 is 2.10 bits per heavy atom. The predicted octanol–water partition coefficient (Wildman–Crippen LogP) is 1.81. The second-order valence-electron chi connectivity index (χ2n) is 7.80. The molecule has 29 heavy (non-hydrogen) atoms. The first-order chi connectivity index (χ1) is 13.9. The number of aromatic nitrogens is 4. The SMILES string of the molecule is Cc1nc(C(=O)N(C)C)nc(N2CC[C@@H](NCc3cc4ccccn4n3)C2)c1C. The molecule has 0 unspecified atom stereocenters. The number of carbonyl (C=O) groups excluding carboxylic acids is 1. The number of amides is 1. The van der Waals surface area contributed by atoms with Gasteiger partial charge in [0, 0.05) is 57.2 Å². The summed E-state index contributed by atoms with van der Waals surface area (Å²) in [6.07, 6.45) is 2.98. The third-order valence-corrected chi connectivity index (χ3v) is 5.44. The Morgan fingerprint density at radius 1 is 1.28 bits per heavy atom. The summed E-state index contributed by atoms with van der Waals surface area (Å²) in [7, 11) is 3.44. The van der Waals surface area contributed by atoms with Gasteiger partial charge in [-0.1, -0.05) is 6.07 Å². The molecule has 1 N–H and O–H groups in total. The van der Waals surface area contributed by atoms with Gasteiger partial charge >= 0.3 is 0 Å². The molecule has 152 valence electrons. The molecule has 1 fully saturated rings. The first kappa shape index (κ1) is 19.3. The number of carbonyl (C=O) groups is 1. The van der Waals surface area contributed by atoms with Crippen LogP contribution in [0.4, 0.5) is 5.82 Å². The molecule has 0 aromatic carbocycles. The lowest BCUT2D eigenvalue weighted by Crippen LogP contribution is -2.33. The molecule has 3 aromatic rings. The molecule has 1 atom stereocenters. The molecule has 4 rings (SSSR count). The molecule has 1 aliphatic heterocycles. The summed E-state index contributed by atoms with van der Waals surface area (Å²) in [6.45, 7) is 6.43. The van der Waals surface area contributed by atoms with Crippen molar-refractivity contribution in [3.8, 4) is 0 Å². The lowest BCUT2D eigenvalue weighted by Gasteiger charge is -2.22. The molecule has 1 saturated heterocycles. The lowest BCUT2D eigenvalue weighted by atomic mass is 10.2. The number of hydrogen-bond acceptors (Lipinski definition) is 6. The van der Waals surface area contributed by atoms with E-state index in [-0.39, 0.29) is 11.7 Å². The standard InChI is InChI=1S/C21H27N7O/c1-14-15(2)23-19(21(29)26(3)4)24-20(14)27-10-8-16(13-27)22-12-17-11-18-7-5-6-9-28(18)25-17/h5-7,9,11,16,22H,8,10,12-13H2,1-4H3/t16-/m1/s1. The molecule has 0 saturated carbocycles. The van der Waals surface area contributed by atoms with Crippen molar-refractivity contribution in [1.29, 1.82) is 0 Å². The summed E-state index contributed by atoms with van der Waals surface area (Å²) >= 11 is 0. The average Bonchev–Trinajstić information content (AvgIpc) is 3.34. The number of pyridine rings is 1. The Bertz CT molecular complexity index is 1010. The van der Waals surface area contributed by atoms with Gasteiger partial charge in [0.1, 0.15) is 5.82 Å². The summed E-state index contributed by atoms with van der Waals surface area (Å²) in [5.74, 6) is 0.948. The number of hydrogen-bond donors (Lipinski definition) is 1. The van der Waals surface area contributed by atoms with Gasteiger partial charge in [0.15, 0.2) is 0 Å². The fraction of sp³-hybridized carbons (Fsp3) is 0.429. The van der Waals surface area contributed by atoms with Crippen molar-refractivity contribution >= 4 is 17.2 Å². The Kier molecular flexibility index (Phi) is 5.19. The monoisotopic (exact) mass is 393 g/mol. The van der Waals surface area contributed by atoms with Crippen LogP contribution in [0.25, 0.3) is 5.52 Å². The van der Waals surface area contributed by atoms with Crippen LogP contribution in [0.15, 0.2) is 30.5 Å². The Hall–Kier alpha value is -3.00. The highest BCUT2D eigenvalue weighted by molar-refractivity contribution is 5.90. The molecule has 0 radical (unpaired) electrons. The molecule has 0 spiro atoms. The second-order valence-corrected chi connectivity index (χ2v) is 7.80. The lowest BCUT2D eigenvalue weighted by molar-refractivity contribution is 0.0815. The number of nitrogens with one attached hydrogen (secondary N) is 1. The zero-order valence-electron chi connectivity index (χ0n) is 17.4. The van der Waals surface area contributed by atoms with Crippen molar-refractivity contribution < 1.29 is 4.79 Å². The van der Waals surface area contributed by atoms with E-state index in [0.29, 0.717) is 6.04 Å². The number of rotatable bonds is 5. The van der Waals surface area contributed by atoms with Crippen LogP contribution in [-0.4, -0.2) is 63.6 Å². The minimum atomic E-state index is -0.171. The van der Waals surface area contributed by atoms with Crippen LogP contribution in [0.5, 0.6) is 0 Å². The Morgan fingerprint density at radius 3 is 2.86 bits per heavy atom. The van der Waals surface area contributed by atoms with Crippen molar-refractivity contribution in [2.45, 2.75) is 32.9 Å². The maximum absolute atomic E-state index is 12.3. The van der Waals surface area contributed by atoms with E-state index >= 15 is 0 Å². The largest absolute Gasteiger partial charge is 0.355 e. The zero-order chi connectivity index (χ0) is 20.5. The number of aryl methyl sites for hydroxylation is 1. The van der Waals surface area contributed by atoms with Gasteiger partial charge in [-0.3, -0.25) is 4.79 Å². The molecule has 4 heterocycles. The van der Waals surface area contributed by atoms with Crippen molar-refractivity contribution in [2.75, 3.05) is 32.1 Å². The van der Waals surface area contributed by atoms with Crippen LogP contribution in [0.1, 0.15) is 34.0 Å². The maximum Gasteiger partial charge on any atom is 0.291 e. The van der Waals surface area contributed by atoms with Gasteiger partial charge < -0.3 is 15.1 Å². The fourth-order valence-electron chi connectivity index (χ4n) is 3.66. The van der Waals surface area contributed by atoms with Crippen LogP contribution in [-0.2, 0) is 6.54 Å².